The lowest BCUT2D eigenvalue weighted by molar-refractivity contribution is 0.242. The molecule has 0 bridgehead atoms. The number of rotatable bonds is 6. The van der Waals surface area contributed by atoms with Crippen LogP contribution >= 0.6 is 24.0 Å². The summed E-state index contributed by atoms with van der Waals surface area (Å²) in [7, 11) is 4.04. The molecule has 0 aliphatic heterocycles. The number of nitrogens with one attached hydrogen (secondary N) is 1. The lowest BCUT2D eigenvalue weighted by Gasteiger charge is -2.13. The van der Waals surface area contributed by atoms with E-state index < -0.39 is 0 Å². The zero-order valence-electron chi connectivity index (χ0n) is 15.2. The second-order valence-corrected chi connectivity index (χ2v) is 6.08. The van der Waals surface area contributed by atoms with Crippen LogP contribution in [0.15, 0.2) is 53.5 Å². The minimum Gasteiger partial charge on any atom is -0.491 e. The van der Waals surface area contributed by atoms with Crippen LogP contribution in [0.3, 0.4) is 0 Å². The van der Waals surface area contributed by atoms with Gasteiger partial charge in [0.25, 0.3) is 0 Å². The molecule has 0 amide bonds. The molecule has 0 aromatic heterocycles. The Kier molecular flexibility index (Phi) is 8.54. The largest absolute Gasteiger partial charge is 0.491 e. The summed E-state index contributed by atoms with van der Waals surface area (Å²) in [6, 6.07) is 15.9. The van der Waals surface area contributed by atoms with E-state index in [9.17, 15) is 0 Å². The second kappa shape index (κ2) is 10.1. The predicted molar refractivity (Wildman–Crippen MR) is 117 cm³/mol. The minimum absolute atomic E-state index is 0. The molecule has 0 saturated heterocycles. The van der Waals surface area contributed by atoms with E-state index in [-0.39, 0.29) is 30.1 Å². The van der Waals surface area contributed by atoms with Gasteiger partial charge < -0.3 is 20.7 Å². The Morgan fingerprint density at radius 2 is 1.84 bits per heavy atom. The van der Waals surface area contributed by atoms with Gasteiger partial charge >= 0.3 is 0 Å². The smallest absolute Gasteiger partial charge is 0.193 e. The summed E-state index contributed by atoms with van der Waals surface area (Å²) >= 11 is 0. The highest BCUT2D eigenvalue weighted by Gasteiger charge is 2.00. The van der Waals surface area contributed by atoms with Gasteiger partial charge in [-0.1, -0.05) is 12.1 Å². The number of nitrogens with zero attached hydrogens (tertiary/aromatic N) is 2. The van der Waals surface area contributed by atoms with Crippen molar-refractivity contribution in [2.45, 2.75) is 26.5 Å². The standard InChI is InChI=1S/C19H26N4O.HI/c1-14(2)24-18-10-8-16(9-11-18)22-19(20)21-13-15-6-5-7-17(12-15)23(3)4;/h5-12,14H,13H2,1-4H3,(H3,20,21,22);1H. The third-order valence-electron chi connectivity index (χ3n) is 3.36. The van der Waals surface area contributed by atoms with Crippen molar-refractivity contribution in [3.63, 3.8) is 0 Å². The highest BCUT2D eigenvalue weighted by molar-refractivity contribution is 14.0. The van der Waals surface area contributed by atoms with Crippen LogP contribution in [0.5, 0.6) is 5.75 Å². The fourth-order valence-corrected chi connectivity index (χ4v) is 2.19. The molecular weight excluding hydrogens is 427 g/mol. The molecule has 0 fully saturated rings. The van der Waals surface area contributed by atoms with Crippen molar-refractivity contribution in [2.24, 2.45) is 10.7 Å². The van der Waals surface area contributed by atoms with Gasteiger partial charge in [-0.3, -0.25) is 0 Å². The van der Waals surface area contributed by atoms with Gasteiger partial charge in [-0.15, -0.1) is 24.0 Å². The summed E-state index contributed by atoms with van der Waals surface area (Å²) in [6.45, 7) is 4.54. The fourth-order valence-electron chi connectivity index (χ4n) is 2.19. The lowest BCUT2D eigenvalue weighted by atomic mass is 10.2. The summed E-state index contributed by atoms with van der Waals surface area (Å²) in [5, 5.41) is 3.09. The average molecular weight is 454 g/mol. The zero-order valence-corrected chi connectivity index (χ0v) is 17.5. The number of ether oxygens (including phenoxy) is 1. The van der Waals surface area contributed by atoms with E-state index in [1.54, 1.807) is 0 Å². The summed E-state index contributed by atoms with van der Waals surface area (Å²) in [5.41, 5.74) is 9.12. The Labute approximate surface area is 167 Å². The van der Waals surface area contributed by atoms with Crippen molar-refractivity contribution in [2.75, 3.05) is 24.3 Å². The van der Waals surface area contributed by atoms with Crippen molar-refractivity contribution in [3.8, 4) is 5.75 Å². The van der Waals surface area contributed by atoms with E-state index in [1.807, 2.05) is 64.3 Å². The molecule has 0 radical (unpaired) electrons. The number of nitrogens with two attached hydrogens (primary N) is 1. The zero-order chi connectivity index (χ0) is 17.5. The first-order valence-electron chi connectivity index (χ1n) is 8.04. The maximum Gasteiger partial charge on any atom is 0.193 e. The van der Waals surface area contributed by atoms with E-state index >= 15 is 0 Å². The van der Waals surface area contributed by atoms with Crippen LogP contribution in [-0.4, -0.2) is 26.2 Å². The van der Waals surface area contributed by atoms with Gasteiger partial charge in [0.2, 0.25) is 0 Å². The first kappa shape index (κ1) is 21.1. The van der Waals surface area contributed by atoms with Gasteiger partial charge in [-0.05, 0) is 55.8 Å². The van der Waals surface area contributed by atoms with E-state index in [1.165, 1.54) is 0 Å². The second-order valence-electron chi connectivity index (χ2n) is 6.08. The van der Waals surface area contributed by atoms with Crippen LogP contribution in [0.4, 0.5) is 11.4 Å². The Hall–Kier alpha value is -1.96. The maximum atomic E-state index is 5.97. The average Bonchev–Trinajstić information content (AvgIpc) is 2.54. The monoisotopic (exact) mass is 454 g/mol. The van der Waals surface area contributed by atoms with E-state index in [2.05, 4.69) is 27.3 Å². The van der Waals surface area contributed by atoms with Gasteiger partial charge in [0.05, 0.1) is 12.6 Å². The van der Waals surface area contributed by atoms with Crippen molar-refractivity contribution in [1.82, 2.24) is 0 Å². The summed E-state index contributed by atoms with van der Waals surface area (Å²) < 4.78 is 5.62. The molecule has 25 heavy (non-hydrogen) atoms. The van der Waals surface area contributed by atoms with Crippen molar-refractivity contribution in [1.29, 1.82) is 0 Å². The molecule has 0 heterocycles. The number of guanidine groups is 1. The van der Waals surface area contributed by atoms with Crippen LogP contribution in [0.25, 0.3) is 0 Å². The van der Waals surface area contributed by atoms with Crippen LogP contribution < -0.4 is 20.7 Å². The van der Waals surface area contributed by atoms with E-state index in [0.29, 0.717) is 12.5 Å². The highest BCUT2D eigenvalue weighted by Crippen LogP contribution is 2.17. The van der Waals surface area contributed by atoms with Crippen LogP contribution in [-0.2, 0) is 6.54 Å². The number of hydrogen-bond acceptors (Lipinski definition) is 3. The van der Waals surface area contributed by atoms with Gasteiger partial charge in [0.15, 0.2) is 5.96 Å². The van der Waals surface area contributed by atoms with E-state index in [4.69, 9.17) is 10.5 Å². The first-order chi connectivity index (χ1) is 11.4. The van der Waals surface area contributed by atoms with Crippen molar-refractivity contribution >= 4 is 41.3 Å². The third-order valence-corrected chi connectivity index (χ3v) is 3.36. The molecule has 0 aliphatic rings. The Bertz CT molecular complexity index is 684. The minimum atomic E-state index is 0. The molecule has 2 aromatic carbocycles. The van der Waals surface area contributed by atoms with Gasteiger partial charge in [0.1, 0.15) is 5.75 Å². The number of anilines is 2. The Morgan fingerprint density at radius 1 is 1.16 bits per heavy atom. The molecule has 2 aromatic rings. The molecule has 0 unspecified atom stereocenters. The van der Waals surface area contributed by atoms with Gasteiger partial charge in [-0.2, -0.15) is 0 Å². The summed E-state index contributed by atoms with van der Waals surface area (Å²) in [4.78, 5) is 6.46. The Balaban J connectivity index is 0.00000312. The number of halogens is 1. The Morgan fingerprint density at radius 3 is 2.44 bits per heavy atom. The normalized spacial score (nSPS) is 11.0. The van der Waals surface area contributed by atoms with Crippen molar-refractivity contribution < 1.29 is 4.74 Å². The quantitative estimate of drug-likeness (QED) is 0.392. The molecular formula is C19H27IN4O. The van der Waals surface area contributed by atoms with Crippen LogP contribution in [0, 0.1) is 0 Å². The van der Waals surface area contributed by atoms with Crippen LogP contribution in [0.1, 0.15) is 19.4 Å². The lowest BCUT2D eigenvalue weighted by Crippen LogP contribution is -2.22. The van der Waals surface area contributed by atoms with Gasteiger partial charge in [0, 0.05) is 25.5 Å². The number of aliphatic imine (C=N–C) groups is 1. The number of benzene rings is 2. The molecule has 3 N–H and O–H groups in total. The van der Waals surface area contributed by atoms with Gasteiger partial charge in [-0.25, -0.2) is 4.99 Å². The predicted octanol–water partition coefficient (Wildman–Crippen LogP) is 4.08. The fraction of sp³-hybridized carbons (Fsp3) is 0.316. The molecule has 6 heteroatoms. The van der Waals surface area contributed by atoms with E-state index in [0.717, 1.165) is 22.7 Å². The molecule has 0 aliphatic carbocycles. The molecule has 0 saturated carbocycles. The number of hydrogen-bond donors (Lipinski definition) is 2. The molecule has 2 rings (SSSR count). The summed E-state index contributed by atoms with van der Waals surface area (Å²) in [6.07, 6.45) is 0.161. The van der Waals surface area contributed by atoms with Crippen LogP contribution in [0.2, 0.25) is 0 Å². The SMILES string of the molecule is CC(C)Oc1ccc(NC(N)=NCc2cccc(N(C)C)c2)cc1.I. The molecule has 5 nitrogen and oxygen atoms in total. The highest BCUT2D eigenvalue weighted by atomic mass is 127. The topological polar surface area (TPSA) is 62.9 Å². The third kappa shape index (κ3) is 7.21. The molecule has 0 spiro atoms. The van der Waals surface area contributed by atoms with Crippen molar-refractivity contribution in [3.05, 3.63) is 54.1 Å². The summed E-state index contributed by atoms with van der Waals surface area (Å²) in [5.74, 6) is 1.23. The maximum absolute atomic E-state index is 5.97. The molecule has 136 valence electrons. The molecule has 0 atom stereocenters. The first-order valence-corrected chi connectivity index (χ1v) is 8.04.